The number of piperazine rings is 1. The molecule has 6 nitrogen and oxygen atoms in total. The smallest absolute Gasteiger partial charge is 0.354 e. The number of rotatable bonds is 7. The summed E-state index contributed by atoms with van der Waals surface area (Å²) in [6.45, 7) is 6.57. The standard InChI is InChI=1S/C16H25N3O3/c1-3-5-13-12-19(9-8-18(13)10-11-22-2)15-7-4-6-14(17-15)16(20)21/h4,6-7,13H,3,5,8-12H2,1-2H3,(H,20,21). The van der Waals surface area contributed by atoms with Crippen molar-refractivity contribution in [2.24, 2.45) is 0 Å². The summed E-state index contributed by atoms with van der Waals surface area (Å²) in [5, 5.41) is 9.08. The average Bonchev–Trinajstić information content (AvgIpc) is 2.54. The van der Waals surface area contributed by atoms with Crippen LogP contribution in [0.15, 0.2) is 18.2 Å². The Morgan fingerprint density at radius 1 is 1.45 bits per heavy atom. The minimum absolute atomic E-state index is 0.103. The van der Waals surface area contributed by atoms with Gasteiger partial charge in [-0.3, -0.25) is 4.90 Å². The van der Waals surface area contributed by atoms with E-state index in [0.717, 1.165) is 51.4 Å². The van der Waals surface area contributed by atoms with Gasteiger partial charge < -0.3 is 14.7 Å². The number of carbonyl (C=O) groups is 1. The summed E-state index contributed by atoms with van der Waals surface area (Å²) in [5.74, 6) is -0.224. The normalized spacial score (nSPS) is 19.4. The molecule has 0 saturated carbocycles. The number of nitrogens with zero attached hydrogens (tertiary/aromatic N) is 3. The number of hydrogen-bond acceptors (Lipinski definition) is 5. The molecule has 0 aliphatic carbocycles. The number of carboxylic acids is 1. The molecule has 122 valence electrons. The predicted molar refractivity (Wildman–Crippen MR) is 85.6 cm³/mol. The fourth-order valence-electron chi connectivity index (χ4n) is 2.93. The van der Waals surface area contributed by atoms with Crippen LogP contribution < -0.4 is 4.90 Å². The number of aromatic carboxylic acids is 1. The first-order valence-corrected chi connectivity index (χ1v) is 7.84. The van der Waals surface area contributed by atoms with Crippen LogP contribution in [-0.4, -0.2) is 66.9 Å². The first-order chi connectivity index (χ1) is 10.7. The molecule has 2 rings (SSSR count). The number of aromatic nitrogens is 1. The highest BCUT2D eigenvalue weighted by Crippen LogP contribution is 2.20. The van der Waals surface area contributed by atoms with E-state index in [2.05, 4.69) is 21.7 Å². The van der Waals surface area contributed by atoms with Gasteiger partial charge in [0, 0.05) is 39.3 Å². The molecule has 6 heteroatoms. The molecule has 1 fully saturated rings. The van der Waals surface area contributed by atoms with Gasteiger partial charge in [0.25, 0.3) is 0 Å². The van der Waals surface area contributed by atoms with E-state index in [1.54, 1.807) is 13.2 Å². The topological polar surface area (TPSA) is 65.9 Å². The van der Waals surface area contributed by atoms with Gasteiger partial charge in [0.1, 0.15) is 5.82 Å². The van der Waals surface area contributed by atoms with Gasteiger partial charge in [-0.25, -0.2) is 9.78 Å². The molecule has 1 saturated heterocycles. The highest BCUT2D eigenvalue weighted by molar-refractivity contribution is 5.85. The summed E-state index contributed by atoms with van der Waals surface area (Å²) in [6, 6.07) is 5.65. The van der Waals surface area contributed by atoms with Crippen LogP contribution >= 0.6 is 0 Å². The lowest BCUT2D eigenvalue weighted by atomic mass is 10.1. The molecular formula is C16H25N3O3. The quantitative estimate of drug-likeness (QED) is 0.827. The third kappa shape index (κ3) is 4.18. The van der Waals surface area contributed by atoms with Gasteiger partial charge in [-0.05, 0) is 18.6 Å². The molecule has 0 radical (unpaired) electrons. The Morgan fingerprint density at radius 2 is 2.27 bits per heavy atom. The van der Waals surface area contributed by atoms with E-state index >= 15 is 0 Å². The van der Waals surface area contributed by atoms with E-state index in [9.17, 15) is 4.79 Å². The molecule has 1 aromatic heterocycles. The van der Waals surface area contributed by atoms with Crippen molar-refractivity contribution in [3.63, 3.8) is 0 Å². The fourth-order valence-corrected chi connectivity index (χ4v) is 2.93. The molecule has 1 N–H and O–H groups in total. The first kappa shape index (κ1) is 16.7. The molecular weight excluding hydrogens is 282 g/mol. The van der Waals surface area contributed by atoms with Gasteiger partial charge >= 0.3 is 5.97 Å². The van der Waals surface area contributed by atoms with E-state index in [1.165, 1.54) is 6.07 Å². The van der Waals surface area contributed by atoms with Gasteiger partial charge in [-0.1, -0.05) is 19.4 Å². The Bertz CT molecular complexity index is 495. The summed E-state index contributed by atoms with van der Waals surface area (Å²) >= 11 is 0. The Kier molecular flexibility index (Phi) is 6.15. The summed E-state index contributed by atoms with van der Waals surface area (Å²) in [7, 11) is 1.73. The zero-order chi connectivity index (χ0) is 15.9. The fraction of sp³-hybridized carbons (Fsp3) is 0.625. The highest BCUT2D eigenvalue weighted by Gasteiger charge is 2.27. The van der Waals surface area contributed by atoms with E-state index in [-0.39, 0.29) is 5.69 Å². The van der Waals surface area contributed by atoms with Crippen LogP contribution in [0.2, 0.25) is 0 Å². The number of methoxy groups -OCH3 is 1. The molecule has 1 aliphatic heterocycles. The maximum absolute atomic E-state index is 11.1. The van der Waals surface area contributed by atoms with Crippen LogP contribution in [0.3, 0.4) is 0 Å². The van der Waals surface area contributed by atoms with Crippen molar-refractivity contribution in [1.29, 1.82) is 0 Å². The lowest BCUT2D eigenvalue weighted by Gasteiger charge is -2.42. The minimum Gasteiger partial charge on any atom is -0.477 e. The van der Waals surface area contributed by atoms with Crippen LogP contribution in [0.4, 0.5) is 5.82 Å². The van der Waals surface area contributed by atoms with Crippen molar-refractivity contribution in [2.45, 2.75) is 25.8 Å². The number of pyridine rings is 1. The molecule has 1 unspecified atom stereocenters. The van der Waals surface area contributed by atoms with Crippen molar-refractivity contribution in [3.8, 4) is 0 Å². The van der Waals surface area contributed by atoms with E-state index in [1.807, 2.05) is 6.07 Å². The number of anilines is 1. The van der Waals surface area contributed by atoms with Crippen molar-refractivity contribution in [1.82, 2.24) is 9.88 Å². The van der Waals surface area contributed by atoms with Crippen molar-refractivity contribution in [3.05, 3.63) is 23.9 Å². The van der Waals surface area contributed by atoms with Gasteiger partial charge in [0.2, 0.25) is 0 Å². The van der Waals surface area contributed by atoms with Crippen LogP contribution in [-0.2, 0) is 4.74 Å². The molecule has 0 bridgehead atoms. The monoisotopic (exact) mass is 307 g/mol. The second-order valence-corrected chi connectivity index (χ2v) is 5.60. The molecule has 2 heterocycles. The minimum atomic E-state index is -0.981. The molecule has 1 atom stereocenters. The van der Waals surface area contributed by atoms with Crippen LogP contribution in [0, 0.1) is 0 Å². The van der Waals surface area contributed by atoms with Gasteiger partial charge in [0.05, 0.1) is 6.61 Å². The Hall–Kier alpha value is -1.66. The largest absolute Gasteiger partial charge is 0.477 e. The van der Waals surface area contributed by atoms with Crippen LogP contribution in [0.1, 0.15) is 30.3 Å². The molecule has 0 spiro atoms. The predicted octanol–water partition coefficient (Wildman–Crippen LogP) is 1.72. The zero-order valence-corrected chi connectivity index (χ0v) is 13.4. The van der Waals surface area contributed by atoms with Crippen molar-refractivity contribution in [2.75, 3.05) is 44.8 Å². The Morgan fingerprint density at radius 3 is 2.95 bits per heavy atom. The van der Waals surface area contributed by atoms with Crippen LogP contribution in [0.25, 0.3) is 0 Å². The van der Waals surface area contributed by atoms with E-state index in [0.29, 0.717) is 6.04 Å². The average molecular weight is 307 g/mol. The Balaban J connectivity index is 2.07. The van der Waals surface area contributed by atoms with Crippen molar-refractivity contribution < 1.29 is 14.6 Å². The lowest BCUT2D eigenvalue weighted by Crippen LogP contribution is -2.54. The maximum Gasteiger partial charge on any atom is 0.354 e. The summed E-state index contributed by atoms with van der Waals surface area (Å²) < 4.78 is 5.19. The zero-order valence-electron chi connectivity index (χ0n) is 13.4. The third-order valence-corrected chi connectivity index (χ3v) is 4.09. The SMILES string of the molecule is CCCC1CN(c2cccc(C(=O)O)n2)CCN1CCOC. The van der Waals surface area contributed by atoms with Gasteiger partial charge in [0.15, 0.2) is 5.69 Å². The third-order valence-electron chi connectivity index (χ3n) is 4.09. The molecule has 1 aromatic rings. The van der Waals surface area contributed by atoms with Gasteiger partial charge in [-0.15, -0.1) is 0 Å². The Labute approximate surface area is 131 Å². The number of carboxylic acid groups (broad SMARTS) is 1. The van der Waals surface area contributed by atoms with Crippen molar-refractivity contribution >= 4 is 11.8 Å². The highest BCUT2D eigenvalue weighted by atomic mass is 16.5. The second kappa shape index (κ2) is 8.10. The van der Waals surface area contributed by atoms with E-state index in [4.69, 9.17) is 9.84 Å². The lowest BCUT2D eigenvalue weighted by molar-refractivity contribution is 0.0690. The van der Waals surface area contributed by atoms with Crippen LogP contribution in [0.5, 0.6) is 0 Å². The summed E-state index contributed by atoms with van der Waals surface area (Å²) in [5.41, 5.74) is 0.103. The maximum atomic E-state index is 11.1. The first-order valence-electron chi connectivity index (χ1n) is 7.84. The molecule has 0 amide bonds. The number of hydrogen-bond donors (Lipinski definition) is 1. The second-order valence-electron chi connectivity index (χ2n) is 5.60. The van der Waals surface area contributed by atoms with E-state index < -0.39 is 5.97 Å². The van der Waals surface area contributed by atoms with Gasteiger partial charge in [-0.2, -0.15) is 0 Å². The summed E-state index contributed by atoms with van der Waals surface area (Å²) in [4.78, 5) is 20.0. The summed E-state index contributed by atoms with van der Waals surface area (Å²) in [6.07, 6.45) is 2.25. The molecule has 22 heavy (non-hydrogen) atoms. The molecule has 0 aromatic carbocycles. The molecule has 1 aliphatic rings. The number of ether oxygens (including phenoxy) is 1.